The quantitative estimate of drug-likeness (QED) is 0.284. The minimum Gasteiger partial charge on any atom is -0.309 e. The van der Waals surface area contributed by atoms with Crippen LogP contribution in [0.3, 0.4) is 0 Å². The van der Waals surface area contributed by atoms with E-state index >= 15 is 0 Å². The van der Waals surface area contributed by atoms with Crippen molar-refractivity contribution in [1.29, 1.82) is 0 Å². The Morgan fingerprint density at radius 3 is 1.45 bits per heavy atom. The summed E-state index contributed by atoms with van der Waals surface area (Å²) in [5.74, 6) is 0.638. The van der Waals surface area contributed by atoms with E-state index in [0.717, 1.165) is 15.9 Å². The molecule has 1 N–H and O–H groups in total. The fourth-order valence-electron chi connectivity index (χ4n) is 3.90. The van der Waals surface area contributed by atoms with E-state index in [1.807, 2.05) is 75.4 Å². The van der Waals surface area contributed by atoms with E-state index in [2.05, 4.69) is 41.4 Å². The summed E-state index contributed by atoms with van der Waals surface area (Å²) in [7, 11) is -2.54. The van der Waals surface area contributed by atoms with Gasteiger partial charge in [-0.15, -0.1) is 12.6 Å². The smallest absolute Gasteiger partial charge is 0.260 e. The van der Waals surface area contributed by atoms with E-state index < -0.39 is 7.26 Å². The minimum absolute atomic E-state index is 0.130. The van der Waals surface area contributed by atoms with Crippen molar-refractivity contribution in [3.63, 3.8) is 0 Å². The maximum Gasteiger partial charge on any atom is 0.260 e. The summed E-state index contributed by atoms with van der Waals surface area (Å²) >= 11 is 4.81. The molecule has 0 atom stereocenters. The molecule has 3 aromatic carbocycles. The van der Waals surface area contributed by atoms with Crippen molar-refractivity contribution >= 4 is 41.1 Å². The number of hydrogen-bond acceptors (Lipinski definition) is 3. The Balaban J connectivity index is 2.19. The molecule has 0 spiro atoms. The zero-order valence-electron chi connectivity index (χ0n) is 17.9. The van der Waals surface area contributed by atoms with E-state index in [1.165, 1.54) is 0 Å². The zero-order valence-corrected chi connectivity index (χ0v) is 19.7. The van der Waals surface area contributed by atoms with Crippen LogP contribution in [0.5, 0.6) is 0 Å². The van der Waals surface area contributed by atoms with Crippen LogP contribution in [-0.4, -0.2) is 9.97 Å². The van der Waals surface area contributed by atoms with Gasteiger partial charge in [0.1, 0.15) is 10.9 Å². The molecular weight excluding hydrogens is 419 g/mol. The van der Waals surface area contributed by atoms with Gasteiger partial charge in [0, 0.05) is 5.41 Å². The molecule has 0 saturated heterocycles. The normalized spacial score (nSPS) is 12.0. The molecule has 0 unspecified atom stereocenters. The maximum absolute atomic E-state index is 13.8. The first-order chi connectivity index (χ1) is 14.8. The number of hydrogen-bond donors (Lipinski definition) is 2. The van der Waals surface area contributed by atoms with Crippen LogP contribution < -0.4 is 26.8 Å². The monoisotopic (exact) mass is 445 g/mol. The highest BCUT2D eigenvalue weighted by atomic mass is 32.1. The summed E-state index contributed by atoms with van der Waals surface area (Å²) in [4.78, 5) is 21.6. The number of aromatic amines is 1. The molecule has 4 aromatic rings. The molecule has 0 saturated carbocycles. The van der Waals surface area contributed by atoms with Gasteiger partial charge in [0.25, 0.3) is 5.56 Å². The lowest BCUT2D eigenvalue weighted by molar-refractivity contribution is 0.537. The minimum atomic E-state index is -2.54. The predicted octanol–water partition coefficient (Wildman–Crippen LogP) is 3.98. The number of nitrogens with one attached hydrogen (secondary N) is 1. The van der Waals surface area contributed by atoms with Gasteiger partial charge < -0.3 is 4.98 Å². The van der Waals surface area contributed by atoms with Crippen molar-refractivity contribution in [3.8, 4) is 0 Å². The molecule has 1 aromatic heterocycles. The van der Waals surface area contributed by atoms with Gasteiger partial charge in [-0.25, -0.2) is 4.98 Å². The van der Waals surface area contributed by atoms with Gasteiger partial charge in [0.2, 0.25) is 0 Å². The molecule has 1 heterocycles. The molecule has 31 heavy (non-hydrogen) atoms. The number of H-pyrrole nitrogens is 1. The van der Waals surface area contributed by atoms with Crippen LogP contribution in [0.15, 0.2) is 101 Å². The van der Waals surface area contributed by atoms with Gasteiger partial charge in [-0.3, -0.25) is 4.79 Å². The van der Waals surface area contributed by atoms with Crippen LogP contribution in [-0.2, 0) is 5.41 Å². The van der Waals surface area contributed by atoms with Crippen molar-refractivity contribution in [3.05, 3.63) is 107 Å². The average molecular weight is 446 g/mol. The van der Waals surface area contributed by atoms with Crippen molar-refractivity contribution in [2.45, 2.75) is 31.2 Å². The topological polar surface area (TPSA) is 45.8 Å². The standard InChI is InChI=1S/C26H26N2OPS/c1-26(2,3)25-27-23(29)22(24(31)28-25)30(19-13-7-4-8-14-19,20-15-9-5-10-16-20)21-17-11-6-12-18-21/h4-18H,1-3H3,(H2,27,28,29,31). The second-order valence-corrected chi connectivity index (χ2v) is 12.3. The highest BCUT2D eigenvalue weighted by Crippen LogP contribution is 2.54. The van der Waals surface area contributed by atoms with Crippen LogP contribution in [0.25, 0.3) is 0 Å². The van der Waals surface area contributed by atoms with E-state index in [4.69, 9.17) is 17.6 Å². The summed E-state index contributed by atoms with van der Waals surface area (Å²) < 4.78 is 0. The van der Waals surface area contributed by atoms with Gasteiger partial charge in [-0.2, -0.15) is 0 Å². The van der Waals surface area contributed by atoms with Gasteiger partial charge in [0.15, 0.2) is 0 Å². The van der Waals surface area contributed by atoms with Crippen LogP contribution in [0.2, 0.25) is 0 Å². The first-order valence-corrected chi connectivity index (χ1v) is 12.5. The molecule has 3 nitrogen and oxygen atoms in total. The molecule has 0 aliphatic carbocycles. The Kier molecular flexibility index (Phi) is 5.88. The average Bonchev–Trinajstić information content (AvgIpc) is 2.77. The highest BCUT2D eigenvalue weighted by Gasteiger charge is 2.40. The fraction of sp³-hybridized carbons (Fsp3) is 0.154. The van der Waals surface area contributed by atoms with Crippen LogP contribution in [0.4, 0.5) is 0 Å². The van der Waals surface area contributed by atoms with E-state index in [0.29, 0.717) is 16.2 Å². The highest BCUT2D eigenvalue weighted by molar-refractivity contribution is 8.02. The van der Waals surface area contributed by atoms with Gasteiger partial charge in [0.05, 0.1) is 5.30 Å². The predicted molar refractivity (Wildman–Crippen MR) is 136 cm³/mol. The first kappa shape index (κ1) is 21.5. The first-order valence-electron chi connectivity index (χ1n) is 10.3. The van der Waals surface area contributed by atoms with Crippen molar-refractivity contribution in [2.24, 2.45) is 0 Å². The molecule has 0 fully saturated rings. The second-order valence-electron chi connectivity index (χ2n) is 8.51. The lowest BCUT2D eigenvalue weighted by atomic mass is 9.96. The largest absolute Gasteiger partial charge is 0.309 e. The molecule has 157 valence electrons. The molecule has 5 heteroatoms. The van der Waals surface area contributed by atoms with E-state index in [-0.39, 0.29) is 11.0 Å². The van der Waals surface area contributed by atoms with Crippen molar-refractivity contribution in [1.82, 2.24) is 9.97 Å². The molecule has 1 radical (unpaired) electrons. The summed E-state index contributed by atoms with van der Waals surface area (Å²) in [6, 6.07) is 30.8. The third-order valence-electron chi connectivity index (χ3n) is 5.35. The molecule has 0 aliphatic heterocycles. The Labute approximate surface area is 189 Å². The van der Waals surface area contributed by atoms with Crippen LogP contribution >= 0.6 is 19.9 Å². The third-order valence-corrected chi connectivity index (χ3v) is 10.2. The van der Waals surface area contributed by atoms with Crippen LogP contribution in [0, 0.1) is 0 Å². The number of benzene rings is 3. The molecule has 0 bridgehead atoms. The zero-order chi connectivity index (χ0) is 22.1. The molecule has 4 rings (SSSR count). The molecular formula is C26H26N2OPS. The van der Waals surface area contributed by atoms with Gasteiger partial charge >= 0.3 is 0 Å². The molecule has 0 amide bonds. The molecule has 0 aliphatic rings. The van der Waals surface area contributed by atoms with Gasteiger partial charge in [-0.05, 0) is 23.2 Å². The Morgan fingerprint density at radius 1 is 0.742 bits per heavy atom. The number of aromatic nitrogens is 2. The van der Waals surface area contributed by atoms with E-state index in [9.17, 15) is 4.79 Å². The van der Waals surface area contributed by atoms with E-state index in [1.54, 1.807) is 0 Å². The summed E-state index contributed by atoms with van der Waals surface area (Å²) in [5, 5.41) is 4.40. The second kappa shape index (κ2) is 8.45. The SMILES string of the molecule is CC(C)(C)c1nc(S)c([P](c2ccccc2)(c2ccccc2)c2ccccc2)c(=O)[nH]1. The number of nitrogens with zero attached hydrogens (tertiary/aromatic N) is 1. The Bertz CT molecular complexity index is 1140. The fourth-order valence-corrected chi connectivity index (χ4v) is 8.79. The number of thiol groups is 1. The lowest BCUT2D eigenvalue weighted by Crippen LogP contribution is -2.47. The van der Waals surface area contributed by atoms with Crippen molar-refractivity contribution < 1.29 is 0 Å². The number of rotatable bonds is 4. The van der Waals surface area contributed by atoms with Crippen LogP contribution in [0.1, 0.15) is 26.6 Å². The van der Waals surface area contributed by atoms with Gasteiger partial charge in [-0.1, -0.05) is 112 Å². The maximum atomic E-state index is 13.8. The summed E-state index contributed by atoms with van der Waals surface area (Å²) in [6.07, 6.45) is 0. The Morgan fingerprint density at radius 2 is 1.13 bits per heavy atom. The summed E-state index contributed by atoms with van der Waals surface area (Å²) in [6.45, 7) is 6.10. The lowest BCUT2D eigenvalue weighted by Gasteiger charge is -2.38. The third kappa shape index (κ3) is 3.86. The summed E-state index contributed by atoms with van der Waals surface area (Å²) in [5.41, 5.74) is -0.419. The van der Waals surface area contributed by atoms with Crippen molar-refractivity contribution in [2.75, 3.05) is 0 Å². The Hall–Kier alpha value is -2.68.